The van der Waals surface area contributed by atoms with E-state index in [1.54, 1.807) is 6.07 Å². The first-order valence-electron chi connectivity index (χ1n) is 8.95. The smallest absolute Gasteiger partial charge is 0.360 e. The molecule has 1 amide bonds. The fourth-order valence-corrected chi connectivity index (χ4v) is 3.07. The van der Waals surface area contributed by atoms with E-state index < -0.39 is 40.6 Å². The highest BCUT2D eigenvalue weighted by molar-refractivity contribution is 5.97. The molecular weight excluding hydrogens is 414 g/mol. The van der Waals surface area contributed by atoms with Crippen LogP contribution >= 0.6 is 0 Å². The van der Waals surface area contributed by atoms with Crippen LogP contribution in [0.2, 0.25) is 0 Å². The van der Waals surface area contributed by atoms with Gasteiger partial charge in [-0.3, -0.25) is 4.79 Å². The van der Waals surface area contributed by atoms with Gasteiger partial charge in [0.25, 0.3) is 5.91 Å². The van der Waals surface area contributed by atoms with Crippen molar-refractivity contribution in [3.8, 4) is 6.07 Å². The molecule has 1 aromatic rings. The average Bonchev–Trinajstić information content (AvgIpc) is 2.66. The van der Waals surface area contributed by atoms with Crippen LogP contribution in [0.5, 0.6) is 0 Å². The number of anilines is 1. The van der Waals surface area contributed by atoms with Gasteiger partial charge in [-0.1, -0.05) is 0 Å². The van der Waals surface area contributed by atoms with E-state index in [-0.39, 0.29) is 12.1 Å². The van der Waals surface area contributed by atoms with Crippen molar-refractivity contribution in [3.63, 3.8) is 0 Å². The van der Waals surface area contributed by atoms with E-state index in [1.165, 1.54) is 11.9 Å². The van der Waals surface area contributed by atoms with Gasteiger partial charge < -0.3 is 15.1 Å². The molecule has 1 aromatic carbocycles. The summed E-state index contributed by atoms with van der Waals surface area (Å²) in [5.74, 6) is -0.664. The van der Waals surface area contributed by atoms with Gasteiger partial charge >= 0.3 is 12.4 Å². The zero-order chi connectivity index (χ0) is 22.7. The lowest BCUT2D eigenvalue weighted by Crippen LogP contribution is -2.44. The van der Waals surface area contributed by atoms with Crippen molar-refractivity contribution >= 4 is 11.6 Å². The van der Waals surface area contributed by atoms with Gasteiger partial charge in [0.15, 0.2) is 0 Å². The van der Waals surface area contributed by atoms with E-state index in [9.17, 15) is 36.4 Å². The molecule has 2 rings (SSSR count). The second kappa shape index (κ2) is 8.95. The van der Waals surface area contributed by atoms with Crippen molar-refractivity contribution in [2.24, 2.45) is 0 Å². The molecule has 5 nitrogen and oxygen atoms in total. The summed E-state index contributed by atoms with van der Waals surface area (Å²) in [5.41, 5.74) is -3.97. The minimum atomic E-state index is -5.00. The number of benzene rings is 1. The number of carbonyl (C=O) groups excluding carboxylic acids is 1. The van der Waals surface area contributed by atoms with Crippen molar-refractivity contribution in [2.75, 3.05) is 32.5 Å². The molecule has 0 radical (unpaired) electrons. The number of carbonyl (C=O) groups is 1. The van der Waals surface area contributed by atoms with E-state index in [1.807, 2.05) is 7.05 Å². The molecule has 1 aliphatic heterocycles. The fourth-order valence-electron chi connectivity index (χ4n) is 3.07. The van der Waals surface area contributed by atoms with Crippen molar-refractivity contribution in [1.29, 1.82) is 5.26 Å². The van der Waals surface area contributed by atoms with Crippen molar-refractivity contribution < 1.29 is 31.1 Å². The third-order valence-electron chi connectivity index (χ3n) is 4.88. The number of amides is 1. The van der Waals surface area contributed by atoms with Crippen LogP contribution < -0.4 is 5.32 Å². The minimum Gasteiger partial charge on any atom is -0.360 e. The van der Waals surface area contributed by atoms with Crippen LogP contribution in [0.1, 0.15) is 24.0 Å². The van der Waals surface area contributed by atoms with E-state index in [0.717, 1.165) is 19.3 Å². The largest absolute Gasteiger partial charge is 0.416 e. The molecule has 1 heterocycles. The quantitative estimate of drug-likeness (QED) is 0.441. The van der Waals surface area contributed by atoms with Crippen LogP contribution in [0.25, 0.3) is 0 Å². The van der Waals surface area contributed by atoms with Crippen LogP contribution in [0, 0.1) is 11.3 Å². The van der Waals surface area contributed by atoms with E-state index in [4.69, 9.17) is 0 Å². The zero-order valence-corrected chi connectivity index (χ0v) is 16.2. The number of halogens is 6. The molecule has 0 atom stereocenters. The Morgan fingerprint density at radius 3 is 2.07 bits per heavy atom. The normalized spacial score (nSPS) is 16.8. The first-order valence-corrected chi connectivity index (χ1v) is 8.95. The third-order valence-corrected chi connectivity index (χ3v) is 4.88. The topological polar surface area (TPSA) is 59.4 Å². The first kappa shape index (κ1) is 23.5. The Morgan fingerprint density at radius 1 is 1.13 bits per heavy atom. The number of likely N-dealkylation sites (N-methyl/N-ethyl adjacent to an activating group) is 1. The second-order valence-electron chi connectivity index (χ2n) is 7.06. The van der Waals surface area contributed by atoms with Gasteiger partial charge in [0.1, 0.15) is 11.6 Å². The van der Waals surface area contributed by atoms with Crippen molar-refractivity contribution in [3.05, 3.63) is 41.1 Å². The van der Waals surface area contributed by atoms with Gasteiger partial charge in [-0.05, 0) is 51.2 Å². The number of alkyl halides is 6. The standard InChI is InChI=1S/C19H20F6N4O/c1-28-5-3-16(4-6-28)29(2)17(30)12(10-26)11-27-15-8-13(18(20,21)22)7-14(9-15)19(23,24)25/h7-9,11,16,27H,3-6H2,1-2H3/b12-11-. The molecule has 164 valence electrons. The summed E-state index contributed by atoms with van der Waals surface area (Å²) in [4.78, 5) is 16.0. The molecule has 0 bridgehead atoms. The summed E-state index contributed by atoms with van der Waals surface area (Å²) in [6.07, 6.45) is -7.79. The molecule has 1 N–H and O–H groups in total. The first-order chi connectivity index (χ1) is 13.8. The fraction of sp³-hybridized carbons (Fsp3) is 0.474. The molecule has 0 saturated carbocycles. The van der Waals surface area contributed by atoms with Crippen LogP contribution in [0.3, 0.4) is 0 Å². The van der Waals surface area contributed by atoms with E-state index in [2.05, 4.69) is 10.2 Å². The van der Waals surface area contributed by atoms with Gasteiger partial charge in [-0.25, -0.2) is 0 Å². The number of hydrogen-bond donors (Lipinski definition) is 1. The summed E-state index contributed by atoms with van der Waals surface area (Å²) < 4.78 is 77.6. The maximum absolute atomic E-state index is 12.9. The number of rotatable bonds is 4. The number of nitriles is 1. The summed E-state index contributed by atoms with van der Waals surface area (Å²) in [7, 11) is 3.45. The van der Waals surface area contributed by atoms with Crippen molar-refractivity contribution in [1.82, 2.24) is 9.80 Å². The van der Waals surface area contributed by atoms with E-state index in [0.29, 0.717) is 25.0 Å². The van der Waals surface area contributed by atoms with Crippen LogP contribution in [-0.4, -0.2) is 48.9 Å². The lowest BCUT2D eigenvalue weighted by molar-refractivity contribution is -0.143. The number of nitrogens with one attached hydrogen (secondary N) is 1. The molecular formula is C19H20F6N4O. The van der Waals surface area contributed by atoms with Crippen LogP contribution in [0.15, 0.2) is 30.0 Å². The lowest BCUT2D eigenvalue weighted by Gasteiger charge is -2.35. The van der Waals surface area contributed by atoms with Gasteiger partial charge in [0, 0.05) is 25.0 Å². The molecule has 0 unspecified atom stereocenters. The number of nitrogens with zero attached hydrogens (tertiary/aromatic N) is 3. The van der Waals surface area contributed by atoms with Crippen molar-refractivity contribution in [2.45, 2.75) is 31.2 Å². The Morgan fingerprint density at radius 2 is 1.63 bits per heavy atom. The highest BCUT2D eigenvalue weighted by Crippen LogP contribution is 2.37. The van der Waals surface area contributed by atoms with Gasteiger partial charge in [-0.2, -0.15) is 31.6 Å². The Bertz CT molecular complexity index is 816. The predicted octanol–water partition coefficient (Wildman–Crippen LogP) is 4.10. The summed E-state index contributed by atoms with van der Waals surface area (Å²) in [6, 6.07) is 2.48. The average molecular weight is 434 g/mol. The van der Waals surface area contributed by atoms with Gasteiger partial charge in [-0.15, -0.1) is 0 Å². The molecule has 11 heteroatoms. The Kier molecular flexibility index (Phi) is 7.02. The molecule has 1 fully saturated rings. The number of hydrogen-bond acceptors (Lipinski definition) is 4. The molecule has 0 spiro atoms. The second-order valence-corrected chi connectivity index (χ2v) is 7.06. The molecule has 0 aliphatic carbocycles. The predicted molar refractivity (Wildman–Crippen MR) is 97.1 cm³/mol. The number of piperidine rings is 1. The Hall–Kier alpha value is -2.74. The zero-order valence-electron chi connectivity index (χ0n) is 16.2. The Balaban J connectivity index is 2.25. The number of likely N-dealkylation sites (tertiary alicyclic amines) is 1. The Labute approximate surface area is 169 Å². The third kappa shape index (κ3) is 5.89. The molecule has 0 aromatic heterocycles. The summed E-state index contributed by atoms with van der Waals surface area (Å²) in [6.45, 7) is 1.52. The lowest BCUT2D eigenvalue weighted by atomic mass is 10.0. The van der Waals surface area contributed by atoms with Crippen LogP contribution in [-0.2, 0) is 17.1 Å². The highest BCUT2D eigenvalue weighted by atomic mass is 19.4. The maximum atomic E-state index is 12.9. The van der Waals surface area contributed by atoms with E-state index >= 15 is 0 Å². The minimum absolute atomic E-state index is 0.000870. The molecule has 1 saturated heterocycles. The van der Waals surface area contributed by atoms with Gasteiger partial charge in [0.05, 0.1) is 11.1 Å². The monoisotopic (exact) mass is 434 g/mol. The molecule has 1 aliphatic rings. The summed E-state index contributed by atoms with van der Waals surface area (Å²) in [5, 5.41) is 11.5. The van der Waals surface area contributed by atoms with Gasteiger partial charge in [0.2, 0.25) is 0 Å². The summed E-state index contributed by atoms with van der Waals surface area (Å²) >= 11 is 0. The highest BCUT2D eigenvalue weighted by Gasteiger charge is 2.37. The SMILES string of the molecule is CN1CCC(N(C)C(=O)/C(C#N)=C\Nc2cc(C(F)(F)F)cc(C(F)(F)F)c2)CC1. The molecule has 30 heavy (non-hydrogen) atoms. The maximum Gasteiger partial charge on any atom is 0.416 e. The van der Waals surface area contributed by atoms with Crippen LogP contribution in [0.4, 0.5) is 32.0 Å².